The number of nitrogens with one attached hydrogen (secondary N) is 1. The number of hydrogen-bond donors (Lipinski definition) is 3. The van der Waals surface area contributed by atoms with Crippen molar-refractivity contribution in [1.82, 2.24) is 5.32 Å². The lowest BCUT2D eigenvalue weighted by Gasteiger charge is -1.92. The molecule has 0 saturated heterocycles. The SMILES string of the molecule is CCNCC.CCP(=O)(O)O. The molecule has 0 spiro atoms. The molecule has 0 aliphatic rings. The highest BCUT2D eigenvalue weighted by atomic mass is 31.2. The standard InChI is InChI=1S/C4H11N.C2H7O3P/c1-3-5-4-2;1-2-6(3,4)5/h5H,3-4H2,1-2H3;2H2,1H3,(H2,3,4,5). The van der Waals surface area contributed by atoms with Gasteiger partial charge in [0.25, 0.3) is 0 Å². The summed E-state index contributed by atoms with van der Waals surface area (Å²) < 4.78 is 9.69. The van der Waals surface area contributed by atoms with Gasteiger partial charge in [0.15, 0.2) is 0 Å². The van der Waals surface area contributed by atoms with E-state index in [1.54, 1.807) is 0 Å². The lowest BCUT2D eigenvalue weighted by atomic mass is 10.7. The Hall–Kier alpha value is 0.110. The maximum Gasteiger partial charge on any atom is 0.325 e. The van der Waals surface area contributed by atoms with E-state index in [-0.39, 0.29) is 6.16 Å². The van der Waals surface area contributed by atoms with Gasteiger partial charge in [0, 0.05) is 6.16 Å². The predicted octanol–water partition coefficient (Wildman–Crippen LogP) is 0.800. The van der Waals surface area contributed by atoms with E-state index in [1.807, 2.05) is 0 Å². The van der Waals surface area contributed by atoms with Crippen molar-refractivity contribution in [1.29, 1.82) is 0 Å². The Bertz CT molecular complexity index is 110. The Kier molecular flexibility index (Phi) is 10.2. The van der Waals surface area contributed by atoms with Gasteiger partial charge in [-0.2, -0.15) is 0 Å². The predicted molar refractivity (Wildman–Crippen MR) is 46.8 cm³/mol. The van der Waals surface area contributed by atoms with Gasteiger partial charge in [-0.05, 0) is 13.1 Å². The van der Waals surface area contributed by atoms with Crippen molar-refractivity contribution in [3.8, 4) is 0 Å². The van der Waals surface area contributed by atoms with Crippen molar-refractivity contribution in [2.45, 2.75) is 20.8 Å². The van der Waals surface area contributed by atoms with Crippen LogP contribution in [0.15, 0.2) is 0 Å². The van der Waals surface area contributed by atoms with Crippen LogP contribution in [0.5, 0.6) is 0 Å². The highest BCUT2D eigenvalue weighted by Gasteiger charge is 2.05. The Labute approximate surface area is 68.2 Å². The number of hydrogen-bond acceptors (Lipinski definition) is 2. The van der Waals surface area contributed by atoms with Crippen LogP contribution in [0, 0.1) is 0 Å². The fourth-order valence-electron chi connectivity index (χ4n) is 0.250. The van der Waals surface area contributed by atoms with Crippen LogP contribution < -0.4 is 5.32 Å². The van der Waals surface area contributed by atoms with Gasteiger partial charge in [-0.15, -0.1) is 0 Å². The smallest absolute Gasteiger partial charge is 0.324 e. The second-order valence-corrected chi connectivity index (χ2v) is 3.90. The zero-order valence-corrected chi connectivity index (χ0v) is 8.27. The van der Waals surface area contributed by atoms with Gasteiger partial charge in [-0.3, -0.25) is 4.57 Å². The van der Waals surface area contributed by atoms with Crippen LogP contribution in [-0.2, 0) is 4.57 Å². The van der Waals surface area contributed by atoms with Crippen LogP contribution in [-0.4, -0.2) is 29.0 Å². The minimum atomic E-state index is -3.65. The van der Waals surface area contributed by atoms with E-state index in [4.69, 9.17) is 9.79 Å². The highest BCUT2D eigenvalue weighted by molar-refractivity contribution is 7.51. The summed E-state index contributed by atoms with van der Waals surface area (Å²) in [5, 5.41) is 3.11. The second-order valence-electron chi connectivity index (χ2n) is 1.94. The molecule has 11 heavy (non-hydrogen) atoms. The molecule has 0 aromatic carbocycles. The Morgan fingerprint density at radius 3 is 1.45 bits per heavy atom. The van der Waals surface area contributed by atoms with Gasteiger partial charge in [-0.1, -0.05) is 20.8 Å². The molecule has 70 valence electrons. The first-order valence-corrected chi connectivity index (χ1v) is 5.52. The summed E-state index contributed by atoms with van der Waals surface area (Å²) in [5.41, 5.74) is 0. The van der Waals surface area contributed by atoms with E-state index in [0.717, 1.165) is 13.1 Å². The van der Waals surface area contributed by atoms with E-state index in [9.17, 15) is 4.57 Å². The fourth-order valence-corrected chi connectivity index (χ4v) is 0.250. The molecular weight excluding hydrogens is 165 g/mol. The van der Waals surface area contributed by atoms with Crippen LogP contribution in [0.1, 0.15) is 20.8 Å². The van der Waals surface area contributed by atoms with Crippen LogP contribution >= 0.6 is 7.60 Å². The molecule has 0 aliphatic carbocycles. The quantitative estimate of drug-likeness (QED) is 0.566. The molecule has 0 atom stereocenters. The fraction of sp³-hybridized carbons (Fsp3) is 1.00. The summed E-state index contributed by atoms with van der Waals surface area (Å²) in [4.78, 5) is 15.9. The van der Waals surface area contributed by atoms with E-state index in [1.165, 1.54) is 6.92 Å². The van der Waals surface area contributed by atoms with Crippen molar-refractivity contribution in [3.05, 3.63) is 0 Å². The van der Waals surface area contributed by atoms with Crippen LogP contribution in [0.4, 0.5) is 0 Å². The topological polar surface area (TPSA) is 69.6 Å². The first kappa shape index (κ1) is 13.7. The average Bonchev–Trinajstić information content (AvgIpc) is 1.90. The normalized spacial score (nSPS) is 10.3. The summed E-state index contributed by atoms with van der Waals surface area (Å²) in [5.74, 6) is 0. The summed E-state index contributed by atoms with van der Waals surface area (Å²) >= 11 is 0. The van der Waals surface area contributed by atoms with Gasteiger partial charge in [0.2, 0.25) is 0 Å². The lowest BCUT2D eigenvalue weighted by Crippen LogP contribution is -2.09. The molecule has 0 aromatic rings. The molecule has 3 N–H and O–H groups in total. The summed E-state index contributed by atoms with van der Waals surface area (Å²) in [6.07, 6.45) is -0.0625. The molecule has 0 heterocycles. The maximum absolute atomic E-state index is 9.69. The summed E-state index contributed by atoms with van der Waals surface area (Å²) in [6, 6.07) is 0. The molecule has 0 radical (unpaired) electrons. The lowest BCUT2D eigenvalue weighted by molar-refractivity contribution is 0.375. The van der Waals surface area contributed by atoms with Gasteiger partial charge < -0.3 is 15.1 Å². The molecule has 0 rings (SSSR count). The maximum atomic E-state index is 9.69. The van der Waals surface area contributed by atoms with Gasteiger partial charge >= 0.3 is 7.60 Å². The molecule has 0 fully saturated rings. The Balaban J connectivity index is 0. The largest absolute Gasteiger partial charge is 0.325 e. The van der Waals surface area contributed by atoms with Gasteiger partial charge in [0.05, 0.1) is 0 Å². The monoisotopic (exact) mass is 183 g/mol. The average molecular weight is 183 g/mol. The zero-order valence-electron chi connectivity index (χ0n) is 7.37. The van der Waals surface area contributed by atoms with Crippen molar-refractivity contribution >= 4 is 7.60 Å². The van der Waals surface area contributed by atoms with Crippen molar-refractivity contribution in [2.24, 2.45) is 0 Å². The molecule has 0 aliphatic heterocycles. The third-order valence-corrected chi connectivity index (χ3v) is 1.74. The molecule has 0 amide bonds. The van der Waals surface area contributed by atoms with E-state index in [2.05, 4.69) is 19.2 Å². The van der Waals surface area contributed by atoms with Gasteiger partial charge in [-0.25, -0.2) is 0 Å². The molecule has 4 nitrogen and oxygen atoms in total. The minimum absolute atomic E-state index is 0.0625. The Morgan fingerprint density at radius 1 is 1.18 bits per heavy atom. The third kappa shape index (κ3) is 25.5. The first-order chi connectivity index (χ1) is 4.97. The van der Waals surface area contributed by atoms with E-state index >= 15 is 0 Å². The molecular formula is C6H18NO3P. The van der Waals surface area contributed by atoms with Crippen molar-refractivity contribution < 1.29 is 14.4 Å². The van der Waals surface area contributed by atoms with Crippen LogP contribution in [0.25, 0.3) is 0 Å². The summed E-state index contributed by atoms with van der Waals surface area (Å²) in [7, 11) is -3.65. The van der Waals surface area contributed by atoms with E-state index in [0.29, 0.717) is 0 Å². The summed E-state index contributed by atoms with van der Waals surface area (Å²) in [6.45, 7) is 7.83. The first-order valence-electron chi connectivity index (χ1n) is 3.73. The minimum Gasteiger partial charge on any atom is -0.324 e. The van der Waals surface area contributed by atoms with Crippen molar-refractivity contribution in [3.63, 3.8) is 0 Å². The molecule has 0 unspecified atom stereocenters. The molecule has 5 heteroatoms. The molecule has 0 saturated carbocycles. The Morgan fingerprint density at radius 2 is 1.45 bits per heavy atom. The second kappa shape index (κ2) is 8.21. The zero-order chi connectivity index (χ0) is 9.33. The highest BCUT2D eigenvalue weighted by Crippen LogP contribution is 2.32. The van der Waals surface area contributed by atoms with Crippen LogP contribution in [0.2, 0.25) is 0 Å². The van der Waals surface area contributed by atoms with Crippen LogP contribution in [0.3, 0.4) is 0 Å². The van der Waals surface area contributed by atoms with E-state index < -0.39 is 7.60 Å². The molecule has 0 bridgehead atoms. The third-order valence-electron chi connectivity index (χ3n) is 0.912. The van der Waals surface area contributed by atoms with Crippen molar-refractivity contribution in [2.75, 3.05) is 19.3 Å². The van der Waals surface area contributed by atoms with Gasteiger partial charge in [0.1, 0.15) is 0 Å². The number of rotatable bonds is 3. The molecule has 0 aromatic heterocycles.